The van der Waals surface area contributed by atoms with E-state index in [1.54, 1.807) is 20.2 Å². The maximum atomic E-state index is 11.4. The van der Waals surface area contributed by atoms with Crippen molar-refractivity contribution in [3.8, 4) is 17.0 Å². The molecule has 0 amide bonds. The van der Waals surface area contributed by atoms with Gasteiger partial charge >= 0.3 is 0 Å². The molecule has 3 heteroatoms. The lowest BCUT2D eigenvalue weighted by atomic mass is 9.99. The molecular weight excluding hydrogens is 226 g/mol. The molecule has 3 nitrogen and oxygen atoms in total. The minimum Gasteiger partial charge on any atom is -0.481 e. The van der Waals surface area contributed by atoms with Crippen molar-refractivity contribution >= 4 is 5.78 Å². The van der Waals surface area contributed by atoms with Crippen LogP contribution in [0.5, 0.6) is 5.88 Å². The van der Waals surface area contributed by atoms with Crippen LogP contribution in [0.15, 0.2) is 36.5 Å². The summed E-state index contributed by atoms with van der Waals surface area (Å²) in [5.74, 6) is 0.683. The van der Waals surface area contributed by atoms with Crippen molar-refractivity contribution in [2.45, 2.75) is 13.8 Å². The monoisotopic (exact) mass is 241 g/mol. The van der Waals surface area contributed by atoms with Gasteiger partial charge in [-0.3, -0.25) is 4.79 Å². The molecule has 0 saturated carbocycles. The Kier molecular flexibility index (Phi) is 3.42. The molecule has 18 heavy (non-hydrogen) atoms. The van der Waals surface area contributed by atoms with Crippen molar-refractivity contribution in [3.63, 3.8) is 0 Å². The number of ketones is 1. The van der Waals surface area contributed by atoms with E-state index >= 15 is 0 Å². The third kappa shape index (κ3) is 2.40. The standard InChI is InChI=1S/C15H15NO2/c1-10-8-12(4-6-14(10)11(2)17)13-5-7-15(18-3)16-9-13/h4-9H,1-3H3. The largest absolute Gasteiger partial charge is 0.481 e. The van der Waals surface area contributed by atoms with Crippen molar-refractivity contribution in [3.05, 3.63) is 47.7 Å². The molecule has 2 aromatic rings. The highest BCUT2D eigenvalue weighted by Gasteiger charge is 2.06. The van der Waals surface area contributed by atoms with Gasteiger partial charge in [0.1, 0.15) is 0 Å². The number of pyridine rings is 1. The number of carbonyl (C=O) groups is 1. The molecule has 0 unspecified atom stereocenters. The number of methoxy groups -OCH3 is 1. The van der Waals surface area contributed by atoms with Gasteiger partial charge in [0.15, 0.2) is 5.78 Å². The van der Waals surface area contributed by atoms with Gasteiger partial charge in [0, 0.05) is 23.4 Å². The number of hydrogen-bond donors (Lipinski definition) is 0. The molecule has 0 aliphatic rings. The molecule has 0 fully saturated rings. The molecular formula is C15H15NO2. The quantitative estimate of drug-likeness (QED) is 0.774. The Morgan fingerprint density at radius 1 is 1.17 bits per heavy atom. The molecule has 0 aliphatic heterocycles. The number of rotatable bonds is 3. The average Bonchev–Trinajstić information content (AvgIpc) is 2.38. The highest BCUT2D eigenvalue weighted by Crippen LogP contribution is 2.23. The van der Waals surface area contributed by atoms with Gasteiger partial charge in [0.25, 0.3) is 0 Å². The van der Waals surface area contributed by atoms with Crippen LogP contribution in [0.25, 0.3) is 11.1 Å². The van der Waals surface area contributed by atoms with Crippen LogP contribution in [0.2, 0.25) is 0 Å². The molecule has 0 bridgehead atoms. The number of aryl methyl sites for hydroxylation is 1. The first kappa shape index (κ1) is 12.3. The Morgan fingerprint density at radius 3 is 2.39 bits per heavy atom. The van der Waals surface area contributed by atoms with E-state index in [1.165, 1.54) is 0 Å². The number of Topliss-reactive ketones (excluding diaryl/α,β-unsaturated/α-hetero) is 1. The summed E-state index contributed by atoms with van der Waals surface area (Å²) in [5, 5.41) is 0. The molecule has 1 aromatic heterocycles. The Morgan fingerprint density at radius 2 is 1.89 bits per heavy atom. The van der Waals surface area contributed by atoms with Gasteiger partial charge < -0.3 is 4.74 Å². The molecule has 0 aliphatic carbocycles. The van der Waals surface area contributed by atoms with Gasteiger partial charge in [-0.05, 0) is 31.0 Å². The highest BCUT2D eigenvalue weighted by atomic mass is 16.5. The third-order valence-corrected chi connectivity index (χ3v) is 2.88. The second-order valence-electron chi connectivity index (χ2n) is 4.18. The van der Waals surface area contributed by atoms with Crippen LogP contribution in [0.3, 0.4) is 0 Å². The summed E-state index contributed by atoms with van der Waals surface area (Å²) in [6.07, 6.45) is 1.76. The predicted molar refractivity (Wildman–Crippen MR) is 71.0 cm³/mol. The van der Waals surface area contributed by atoms with Gasteiger partial charge in [-0.15, -0.1) is 0 Å². The van der Waals surface area contributed by atoms with Crippen LogP contribution >= 0.6 is 0 Å². The minimum atomic E-state index is 0.0897. The molecule has 0 spiro atoms. The predicted octanol–water partition coefficient (Wildman–Crippen LogP) is 3.27. The number of carbonyl (C=O) groups excluding carboxylic acids is 1. The highest BCUT2D eigenvalue weighted by molar-refractivity contribution is 5.96. The van der Waals surface area contributed by atoms with Crippen molar-refractivity contribution in [1.82, 2.24) is 4.98 Å². The fourth-order valence-electron chi connectivity index (χ4n) is 1.91. The Hall–Kier alpha value is -2.16. The summed E-state index contributed by atoms with van der Waals surface area (Å²) < 4.78 is 5.02. The second kappa shape index (κ2) is 5.00. The maximum Gasteiger partial charge on any atom is 0.212 e. The zero-order valence-corrected chi connectivity index (χ0v) is 10.7. The van der Waals surface area contributed by atoms with E-state index in [-0.39, 0.29) is 5.78 Å². The first-order chi connectivity index (χ1) is 8.61. The van der Waals surface area contributed by atoms with Crippen molar-refractivity contribution < 1.29 is 9.53 Å². The van der Waals surface area contributed by atoms with Crippen LogP contribution < -0.4 is 4.74 Å². The smallest absolute Gasteiger partial charge is 0.212 e. The lowest BCUT2D eigenvalue weighted by Gasteiger charge is -2.07. The van der Waals surface area contributed by atoms with E-state index in [9.17, 15) is 4.79 Å². The third-order valence-electron chi connectivity index (χ3n) is 2.88. The van der Waals surface area contributed by atoms with E-state index in [4.69, 9.17) is 4.74 Å². The Labute approximate surface area is 106 Å². The lowest BCUT2D eigenvalue weighted by molar-refractivity contribution is 0.101. The van der Waals surface area contributed by atoms with Crippen LogP contribution in [0.1, 0.15) is 22.8 Å². The van der Waals surface area contributed by atoms with Gasteiger partial charge in [0.05, 0.1) is 7.11 Å². The Bertz CT molecular complexity index is 574. The Balaban J connectivity index is 2.39. The molecule has 0 saturated heterocycles. The second-order valence-corrected chi connectivity index (χ2v) is 4.18. The van der Waals surface area contributed by atoms with Crippen LogP contribution in [0.4, 0.5) is 0 Å². The summed E-state index contributed by atoms with van der Waals surface area (Å²) in [7, 11) is 1.59. The van der Waals surface area contributed by atoms with Crippen LogP contribution in [-0.4, -0.2) is 17.9 Å². The van der Waals surface area contributed by atoms with Crippen molar-refractivity contribution in [2.24, 2.45) is 0 Å². The number of nitrogens with zero attached hydrogens (tertiary/aromatic N) is 1. The van der Waals surface area contributed by atoms with Gasteiger partial charge in [0.2, 0.25) is 5.88 Å². The fraction of sp³-hybridized carbons (Fsp3) is 0.200. The van der Waals surface area contributed by atoms with E-state index < -0.39 is 0 Å². The van der Waals surface area contributed by atoms with Crippen LogP contribution in [0, 0.1) is 6.92 Å². The molecule has 0 atom stereocenters. The molecule has 92 valence electrons. The SMILES string of the molecule is COc1ccc(-c2ccc(C(C)=O)c(C)c2)cn1. The lowest BCUT2D eigenvalue weighted by Crippen LogP contribution is -1.96. The van der Waals surface area contributed by atoms with Gasteiger partial charge in [-0.2, -0.15) is 0 Å². The van der Waals surface area contributed by atoms with Gasteiger partial charge in [-0.1, -0.05) is 18.2 Å². The van der Waals surface area contributed by atoms with E-state index in [0.717, 1.165) is 22.3 Å². The minimum absolute atomic E-state index is 0.0897. The first-order valence-electron chi connectivity index (χ1n) is 5.74. The number of ether oxygens (including phenoxy) is 1. The van der Waals surface area contributed by atoms with Gasteiger partial charge in [-0.25, -0.2) is 4.98 Å². The first-order valence-corrected chi connectivity index (χ1v) is 5.74. The van der Waals surface area contributed by atoms with E-state index in [1.807, 2.05) is 37.3 Å². The molecule has 1 heterocycles. The maximum absolute atomic E-state index is 11.4. The number of benzene rings is 1. The molecule has 1 aromatic carbocycles. The number of hydrogen-bond acceptors (Lipinski definition) is 3. The van der Waals surface area contributed by atoms with Crippen molar-refractivity contribution in [2.75, 3.05) is 7.11 Å². The van der Waals surface area contributed by atoms with E-state index in [2.05, 4.69) is 4.98 Å². The zero-order chi connectivity index (χ0) is 13.1. The molecule has 0 N–H and O–H groups in total. The molecule has 2 rings (SSSR count). The zero-order valence-electron chi connectivity index (χ0n) is 10.7. The average molecular weight is 241 g/mol. The normalized spacial score (nSPS) is 10.2. The fourth-order valence-corrected chi connectivity index (χ4v) is 1.91. The van der Waals surface area contributed by atoms with Crippen molar-refractivity contribution in [1.29, 1.82) is 0 Å². The summed E-state index contributed by atoms with van der Waals surface area (Å²) in [5.41, 5.74) is 3.80. The van der Waals surface area contributed by atoms with Crippen LogP contribution in [-0.2, 0) is 0 Å². The molecule has 0 radical (unpaired) electrons. The number of aromatic nitrogens is 1. The summed E-state index contributed by atoms with van der Waals surface area (Å²) in [6, 6.07) is 9.57. The summed E-state index contributed by atoms with van der Waals surface area (Å²) in [6.45, 7) is 3.52. The van der Waals surface area contributed by atoms with E-state index in [0.29, 0.717) is 5.88 Å². The summed E-state index contributed by atoms with van der Waals surface area (Å²) >= 11 is 0. The topological polar surface area (TPSA) is 39.2 Å². The summed E-state index contributed by atoms with van der Waals surface area (Å²) in [4.78, 5) is 15.5.